The molecule has 0 unspecified atom stereocenters. The number of hydrogen-bond donors (Lipinski definition) is 2. The lowest BCUT2D eigenvalue weighted by Crippen LogP contribution is -2.24. The molecule has 5 nitrogen and oxygen atoms in total. The number of carbonyl (C=O) groups is 2. The molecule has 2 aromatic rings. The summed E-state index contributed by atoms with van der Waals surface area (Å²) >= 11 is 0. The Balaban J connectivity index is 2.26. The number of carbonyl (C=O) groups excluding carboxylic acids is 1. The van der Waals surface area contributed by atoms with E-state index in [2.05, 4.69) is 5.32 Å². The maximum absolute atomic E-state index is 12.3. The molecule has 2 rings (SSSR count). The highest BCUT2D eigenvalue weighted by molar-refractivity contribution is 6.08. The number of hydrogen-bond acceptors (Lipinski definition) is 2. The second-order valence-electron chi connectivity index (χ2n) is 4.94. The number of carboxylic acid groups (broad SMARTS) is 1. The normalized spacial score (nSPS) is 11.7. The van der Waals surface area contributed by atoms with Gasteiger partial charge >= 0.3 is 5.97 Å². The summed E-state index contributed by atoms with van der Waals surface area (Å²) in [5.41, 5.74) is 2.73. The Bertz CT molecular complexity index is 741. The van der Waals surface area contributed by atoms with Crippen LogP contribution in [0.25, 0.3) is 10.9 Å². The van der Waals surface area contributed by atoms with Crippen molar-refractivity contribution in [2.45, 2.75) is 13.8 Å². The highest BCUT2D eigenvalue weighted by atomic mass is 16.4. The molecular formula is C16H18N2O3. The van der Waals surface area contributed by atoms with Crippen LogP contribution in [0.3, 0.4) is 0 Å². The van der Waals surface area contributed by atoms with Gasteiger partial charge in [0.2, 0.25) is 0 Å². The molecule has 0 saturated carbocycles. The van der Waals surface area contributed by atoms with Crippen molar-refractivity contribution < 1.29 is 14.7 Å². The maximum Gasteiger partial charge on any atom is 0.331 e. The van der Waals surface area contributed by atoms with E-state index in [1.165, 1.54) is 13.0 Å². The summed E-state index contributed by atoms with van der Waals surface area (Å²) in [6, 6.07) is 7.71. The Labute approximate surface area is 122 Å². The van der Waals surface area contributed by atoms with Crippen molar-refractivity contribution in [1.29, 1.82) is 0 Å². The van der Waals surface area contributed by atoms with Crippen LogP contribution < -0.4 is 5.32 Å². The van der Waals surface area contributed by atoms with Gasteiger partial charge in [0, 0.05) is 35.8 Å². The van der Waals surface area contributed by atoms with E-state index in [1.54, 1.807) is 0 Å². The Kier molecular flexibility index (Phi) is 4.12. The van der Waals surface area contributed by atoms with Gasteiger partial charge in [0.25, 0.3) is 5.91 Å². The Hall–Kier alpha value is -2.56. The average molecular weight is 286 g/mol. The smallest absolute Gasteiger partial charge is 0.331 e. The first-order valence-corrected chi connectivity index (χ1v) is 6.65. The summed E-state index contributed by atoms with van der Waals surface area (Å²) in [6.07, 6.45) is 1.49. The zero-order valence-corrected chi connectivity index (χ0v) is 12.3. The molecule has 0 spiro atoms. The van der Waals surface area contributed by atoms with Gasteiger partial charge in [0.1, 0.15) is 0 Å². The van der Waals surface area contributed by atoms with Crippen LogP contribution in [-0.2, 0) is 11.8 Å². The predicted molar refractivity (Wildman–Crippen MR) is 81.4 cm³/mol. The minimum atomic E-state index is -0.981. The minimum Gasteiger partial charge on any atom is -0.478 e. The van der Waals surface area contributed by atoms with Crippen LogP contribution >= 0.6 is 0 Å². The standard InChI is InChI=1S/C16H18N2O3/c1-10(16(20)21)8-9-17-15(19)14-11(2)18(3)13-7-5-4-6-12(13)14/h4-8H,9H2,1-3H3,(H,17,19)(H,20,21). The van der Waals surface area contributed by atoms with Gasteiger partial charge in [-0.2, -0.15) is 0 Å². The van der Waals surface area contributed by atoms with Gasteiger partial charge in [-0.15, -0.1) is 0 Å². The molecule has 0 fully saturated rings. The topological polar surface area (TPSA) is 71.3 Å². The molecular weight excluding hydrogens is 268 g/mol. The third kappa shape index (κ3) is 2.81. The molecule has 110 valence electrons. The van der Waals surface area contributed by atoms with Crippen molar-refractivity contribution in [3.63, 3.8) is 0 Å². The van der Waals surface area contributed by atoms with Gasteiger partial charge in [0.05, 0.1) is 5.56 Å². The fraction of sp³-hybridized carbons (Fsp3) is 0.250. The molecule has 0 radical (unpaired) electrons. The molecule has 0 bridgehead atoms. The van der Waals surface area contributed by atoms with E-state index >= 15 is 0 Å². The summed E-state index contributed by atoms with van der Waals surface area (Å²) in [5, 5.41) is 12.4. The van der Waals surface area contributed by atoms with E-state index in [0.717, 1.165) is 16.6 Å². The molecule has 21 heavy (non-hydrogen) atoms. The zero-order chi connectivity index (χ0) is 15.6. The molecule has 1 heterocycles. The number of rotatable bonds is 4. The fourth-order valence-corrected chi connectivity index (χ4v) is 2.28. The van der Waals surface area contributed by atoms with Crippen LogP contribution in [0.4, 0.5) is 0 Å². The second kappa shape index (κ2) is 5.83. The average Bonchev–Trinajstić information content (AvgIpc) is 2.71. The first-order chi connectivity index (χ1) is 9.93. The number of para-hydroxylation sites is 1. The van der Waals surface area contributed by atoms with E-state index in [4.69, 9.17) is 5.11 Å². The van der Waals surface area contributed by atoms with Gasteiger partial charge in [-0.05, 0) is 19.9 Å². The van der Waals surface area contributed by atoms with E-state index in [9.17, 15) is 9.59 Å². The molecule has 0 saturated heterocycles. The fourth-order valence-electron chi connectivity index (χ4n) is 2.28. The summed E-state index contributed by atoms with van der Waals surface area (Å²) < 4.78 is 1.97. The minimum absolute atomic E-state index is 0.194. The van der Waals surface area contributed by atoms with Crippen molar-refractivity contribution >= 4 is 22.8 Å². The molecule has 5 heteroatoms. The summed E-state index contributed by atoms with van der Waals surface area (Å²) in [7, 11) is 1.92. The van der Waals surface area contributed by atoms with E-state index in [-0.39, 0.29) is 18.0 Å². The van der Waals surface area contributed by atoms with Crippen LogP contribution in [0, 0.1) is 6.92 Å². The number of carboxylic acids is 1. The number of fused-ring (bicyclic) bond motifs is 1. The first kappa shape index (κ1) is 14.8. The SMILES string of the molecule is CC(=CCNC(=O)c1c(C)n(C)c2ccccc12)C(=O)O. The highest BCUT2D eigenvalue weighted by Gasteiger charge is 2.17. The van der Waals surface area contributed by atoms with E-state index in [1.807, 2.05) is 42.8 Å². The van der Waals surface area contributed by atoms with Gasteiger partial charge in [0.15, 0.2) is 0 Å². The predicted octanol–water partition coefficient (Wildman–Crippen LogP) is 2.25. The van der Waals surface area contributed by atoms with Gasteiger partial charge in [-0.3, -0.25) is 4.79 Å². The van der Waals surface area contributed by atoms with Crippen LogP contribution in [0.1, 0.15) is 23.0 Å². The lowest BCUT2D eigenvalue weighted by Gasteiger charge is -2.04. The lowest BCUT2D eigenvalue weighted by molar-refractivity contribution is -0.132. The number of benzene rings is 1. The number of nitrogens with one attached hydrogen (secondary N) is 1. The zero-order valence-electron chi connectivity index (χ0n) is 12.3. The Morgan fingerprint density at radius 3 is 2.67 bits per heavy atom. The second-order valence-corrected chi connectivity index (χ2v) is 4.94. The van der Waals surface area contributed by atoms with Crippen LogP contribution in [-0.4, -0.2) is 28.1 Å². The van der Waals surface area contributed by atoms with Crippen molar-refractivity contribution in [3.05, 3.63) is 47.2 Å². The number of amides is 1. The number of nitrogens with zero attached hydrogens (tertiary/aromatic N) is 1. The number of aromatic nitrogens is 1. The molecule has 1 aromatic heterocycles. The quantitative estimate of drug-likeness (QED) is 0.847. The molecule has 2 N–H and O–H groups in total. The van der Waals surface area contributed by atoms with Crippen molar-refractivity contribution in [1.82, 2.24) is 9.88 Å². The third-order valence-corrected chi connectivity index (χ3v) is 3.63. The third-order valence-electron chi connectivity index (χ3n) is 3.63. The summed E-state index contributed by atoms with van der Waals surface area (Å²) in [5.74, 6) is -1.18. The van der Waals surface area contributed by atoms with Crippen LogP contribution in [0.2, 0.25) is 0 Å². The van der Waals surface area contributed by atoms with Gasteiger partial charge in [-0.25, -0.2) is 4.79 Å². The van der Waals surface area contributed by atoms with E-state index in [0.29, 0.717) is 5.56 Å². The number of aryl methyl sites for hydroxylation is 1. The molecule has 0 atom stereocenters. The molecule has 1 aromatic carbocycles. The molecule has 0 aliphatic heterocycles. The van der Waals surface area contributed by atoms with Gasteiger partial charge in [-0.1, -0.05) is 24.3 Å². The maximum atomic E-state index is 12.3. The Morgan fingerprint density at radius 1 is 1.33 bits per heavy atom. The molecule has 1 amide bonds. The van der Waals surface area contributed by atoms with Crippen molar-refractivity contribution in [2.75, 3.05) is 6.54 Å². The first-order valence-electron chi connectivity index (χ1n) is 6.65. The largest absolute Gasteiger partial charge is 0.478 e. The number of aliphatic carboxylic acids is 1. The van der Waals surface area contributed by atoms with Crippen molar-refractivity contribution in [2.24, 2.45) is 7.05 Å². The monoisotopic (exact) mass is 286 g/mol. The Morgan fingerprint density at radius 2 is 2.00 bits per heavy atom. The lowest BCUT2D eigenvalue weighted by atomic mass is 10.1. The van der Waals surface area contributed by atoms with Crippen LogP contribution in [0.15, 0.2) is 35.9 Å². The van der Waals surface area contributed by atoms with Crippen LogP contribution in [0.5, 0.6) is 0 Å². The summed E-state index contributed by atoms with van der Waals surface area (Å²) in [4.78, 5) is 23.0. The van der Waals surface area contributed by atoms with E-state index < -0.39 is 5.97 Å². The summed E-state index contributed by atoms with van der Waals surface area (Å²) in [6.45, 7) is 3.59. The van der Waals surface area contributed by atoms with Gasteiger partial charge < -0.3 is 15.0 Å². The molecule has 0 aliphatic carbocycles. The molecule has 0 aliphatic rings. The highest BCUT2D eigenvalue weighted by Crippen LogP contribution is 2.24. The van der Waals surface area contributed by atoms with Crippen molar-refractivity contribution in [3.8, 4) is 0 Å².